The molecule has 0 atom stereocenters. The predicted octanol–water partition coefficient (Wildman–Crippen LogP) is 3.61. The van der Waals surface area contributed by atoms with E-state index in [4.69, 9.17) is 11.6 Å². The van der Waals surface area contributed by atoms with Gasteiger partial charge in [0, 0.05) is 10.0 Å². The Kier molecular flexibility index (Phi) is 5.51. The highest BCUT2D eigenvalue weighted by Crippen LogP contribution is 2.21. The van der Waals surface area contributed by atoms with E-state index in [1.807, 2.05) is 0 Å². The number of carbonyl (C=O) groups is 2. The number of nitrogens with one attached hydrogen (secondary N) is 2. The van der Waals surface area contributed by atoms with Crippen LogP contribution in [0.3, 0.4) is 0 Å². The van der Waals surface area contributed by atoms with Crippen LogP contribution in [-0.4, -0.2) is 18.4 Å². The zero-order valence-corrected chi connectivity index (χ0v) is 13.5. The molecule has 114 valence electrons. The van der Waals surface area contributed by atoms with Crippen molar-refractivity contribution in [3.8, 4) is 0 Å². The first kappa shape index (κ1) is 16.5. The molecule has 0 saturated carbocycles. The van der Waals surface area contributed by atoms with Gasteiger partial charge in [-0.25, -0.2) is 4.39 Å². The molecule has 0 heterocycles. The van der Waals surface area contributed by atoms with Crippen LogP contribution in [-0.2, 0) is 4.79 Å². The first-order valence-corrected chi connectivity index (χ1v) is 7.42. The van der Waals surface area contributed by atoms with E-state index in [1.165, 1.54) is 18.2 Å². The van der Waals surface area contributed by atoms with Crippen molar-refractivity contribution in [2.24, 2.45) is 0 Å². The molecule has 7 heteroatoms. The summed E-state index contributed by atoms with van der Waals surface area (Å²) >= 11 is 8.88. The van der Waals surface area contributed by atoms with Crippen LogP contribution in [0.15, 0.2) is 46.9 Å². The summed E-state index contributed by atoms with van der Waals surface area (Å²) in [5, 5.41) is 4.71. The number of benzene rings is 2. The summed E-state index contributed by atoms with van der Waals surface area (Å²) in [7, 11) is 0. The van der Waals surface area contributed by atoms with E-state index in [9.17, 15) is 14.0 Å². The zero-order chi connectivity index (χ0) is 16.1. The van der Waals surface area contributed by atoms with E-state index < -0.39 is 17.6 Å². The highest BCUT2D eigenvalue weighted by Gasteiger charge is 2.11. The molecule has 0 aliphatic rings. The van der Waals surface area contributed by atoms with Gasteiger partial charge in [0.2, 0.25) is 5.91 Å². The van der Waals surface area contributed by atoms with E-state index in [0.29, 0.717) is 5.56 Å². The van der Waals surface area contributed by atoms with Gasteiger partial charge in [0.1, 0.15) is 0 Å². The maximum Gasteiger partial charge on any atom is 0.251 e. The van der Waals surface area contributed by atoms with Crippen molar-refractivity contribution in [2.75, 3.05) is 11.9 Å². The second-order valence-corrected chi connectivity index (χ2v) is 5.66. The van der Waals surface area contributed by atoms with Crippen LogP contribution in [0.4, 0.5) is 10.1 Å². The lowest BCUT2D eigenvalue weighted by atomic mass is 10.2. The third kappa shape index (κ3) is 4.29. The second-order valence-electron chi connectivity index (χ2n) is 4.34. The quantitative estimate of drug-likeness (QED) is 0.845. The van der Waals surface area contributed by atoms with Crippen molar-refractivity contribution < 1.29 is 14.0 Å². The summed E-state index contributed by atoms with van der Waals surface area (Å²) in [6.45, 7) is -0.277. The van der Waals surface area contributed by atoms with Crippen molar-refractivity contribution in [1.82, 2.24) is 5.32 Å². The lowest BCUT2D eigenvalue weighted by Gasteiger charge is -2.08. The van der Waals surface area contributed by atoms with Gasteiger partial charge < -0.3 is 10.6 Å². The summed E-state index contributed by atoms with van der Waals surface area (Å²) in [5.74, 6) is -1.66. The van der Waals surface area contributed by atoms with Gasteiger partial charge in [0.25, 0.3) is 5.91 Å². The molecular weight excluding hydrogens is 375 g/mol. The molecule has 2 aromatic rings. The second kappa shape index (κ2) is 7.38. The molecule has 0 unspecified atom stereocenters. The Balaban J connectivity index is 1.91. The molecule has 2 rings (SSSR count). The van der Waals surface area contributed by atoms with E-state index in [2.05, 4.69) is 26.6 Å². The lowest BCUT2D eigenvalue weighted by Crippen LogP contribution is -2.33. The van der Waals surface area contributed by atoms with Crippen LogP contribution in [0.2, 0.25) is 5.02 Å². The number of carbonyl (C=O) groups excluding carboxylic acids is 2. The molecule has 2 amide bonds. The van der Waals surface area contributed by atoms with Gasteiger partial charge in [0.05, 0.1) is 17.3 Å². The molecule has 0 aliphatic heterocycles. The summed E-state index contributed by atoms with van der Waals surface area (Å²) < 4.78 is 14.5. The van der Waals surface area contributed by atoms with E-state index in [1.54, 1.807) is 24.3 Å². The molecule has 4 nitrogen and oxygen atoms in total. The molecule has 2 N–H and O–H groups in total. The van der Waals surface area contributed by atoms with Crippen molar-refractivity contribution in [3.05, 3.63) is 63.3 Å². The highest BCUT2D eigenvalue weighted by atomic mass is 79.9. The Bertz CT molecular complexity index is 707. The van der Waals surface area contributed by atoms with Crippen LogP contribution in [0.5, 0.6) is 0 Å². The minimum absolute atomic E-state index is 0.0320. The van der Waals surface area contributed by atoms with Crippen LogP contribution in [0.1, 0.15) is 10.4 Å². The van der Waals surface area contributed by atoms with Crippen LogP contribution in [0, 0.1) is 5.82 Å². The molecule has 0 aliphatic carbocycles. The Labute approximate surface area is 139 Å². The fraction of sp³-hybridized carbons (Fsp3) is 0.0667. The maximum absolute atomic E-state index is 13.6. The molecule has 0 saturated heterocycles. The van der Waals surface area contributed by atoms with Crippen LogP contribution >= 0.6 is 27.5 Å². The largest absolute Gasteiger partial charge is 0.343 e. The normalized spacial score (nSPS) is 10.1. The average Bonchev–Trinajstić information content (AvgIpc) is 2.50. The minimum atomic E-state index is -0.711. The highest BCUT2D eigenvalue weighted by molar-refractivity contribution is 9.10. The number of anilines is 1. The number of hydrogen-bond donors (Lipinski definition) is 2. The lowest BCUT2D eigenvalue weighted by molar-refractivity contribution is -0.115. The summed E-state index contributed by atoms with van der Waals surface area (Å²) in [5.41, 5.74) is 0.389. The van der Waals surface area contributed by atoms with E-state index in [-0.39, 0.29) is 17.3 Å². The first-order valence-electron chi connectivity index (χ1n) is 6.25. The maximum atomic E-state index is 13.6. The van der Waals surface area contributed by atoms with Crippen molar-refractivity contribution in [3.63, 3.8) is 0 Å². The minimum Gasteiger partial charge on any atom is -0.343 e. The predicted molar refractivity (Wildman–Crippen MR) is 86.5 cm³/mol. The molecular formula is C15H11BrClFN2O2. The molecule has 0 spiro atoms. The van der Waals surface area contributed by atoms with Gasteiger partial charge in [-0.15, -0.1) is 0 Å². The molecule has 0 fully saturated rings. The number of amides is 2. The van der Waals surface area contributed by atoms with E-state index >= 15 is 0 Å². The van der Waals surface area contributed by atoms with Gasteiger partial charge in [-0.05, 0) is 36.4 Å². The molecule has 0 bridgehead atoms. The fourth-order valence-corrected chi connectivity index (χ4v) is 2.10. The summed E-state index contributed by atoms with van der Waals surface area (Å²) in [6, 6.07) is 11.0. The Morgan fingerprint density at radius 2 is 1.82 bits per heavy atom. The Morgan fingerprint density at radius 3 is 2.50 bits per heavy atom. The number of rotatable bonds is 4. The van der Waals surface area contributed by atoms with Gasteiger partial charge >= 0.3 is 0 Å². The fourth-order valence-electron chi connectivity index (χ4n) is 1.66. The third-order valence-electron chi connectivity index (χ3n) is 2.74. The van der Waals surface area contributed by atoms with Crippen molar-refractivity contribution in [2.45, 2.75) is 0 Å². The van der Waals surface area contributed by atoms with Gasteiger partial charge in [-0.2, -0.15) is 0 Å². The Hall–Kier alpha value is -1.92. The summed E-state index contributed by atoms with van der Waals surface area (Å²) in [4.78, 5) is 23.6. The van der Waals surface area contributed by atoms with Crippen molar-refractivity contribution in [1.29, 1.82) is 0 Å². The van der Waals surface area contributed by atoms with Gasteiger partial charge in [-0.3, -0.25) is 9.59 Å². The first-order chi connectivity index (χ1) is 10.5. The standard InChI is InChI=1S/C15H11BrClFN2O2/c16-10-6-4-9(5-7-10)15(22)19-8-13(21)20-12-3-1-2-11(17)14(12)18/h1-7H,8H2,(H,19,22)(H,20,21). The third-order valence-corrected chi connectivity index (χ3v) is 3.56. The zero-order valence-electron chi connectivity index (χ0n) is 11.2. The van der Waals surface area contributed by atoms with E-state index in [0.717, 1.165) is 4.47 Å². The van der Waals surface area contributed by atoms with Gasteiger partial charge in [-0.1, -0.05) is 33.6 Å². The number of hydrogen-bond acceptors (Lipinski definition) is 2. The smallest absolute Gasteiger partial charge is 0.251 e. The summed E-state index contributed by atoms with van der Waals surface area (Å²) in [6.07, 6.45) is 0. The molecule has 0 aromatic heterocycles. The van der Waals surface area contributed by atoms with Gasteiger partial charge in [0.15, 0.2) is 5.82 Å². The monoisotopic (exact) mass is 384 g/mol. The SMILES string of the molecule is O=C(CNC(=O)c1ccc(Br)cc1)Nc1cccc(Cl)c1F. The molecule has 2 aromatic carbocycles. The topological polar surface area (TPSA) is 58.2 Å². The Morgan fingerprint density at radius 1 is 1.14 bits per heavy atom. The van der Waals surface area contributed by atoms with Crippen LogP contribution in [0.25, 0.3) is 0 Å². The molecule has 22 heavy (non-hydrogen) atoms. The van der Waals surface area contributed by atoms with Crippen molar-refractivity contribution >= 4 is 45.0 Å². The average molecular weight is 386 g/mol. The molecule has 0 radical (unpaired) electrons. The van der Waals surface area contributed by atoms with Crippen LogP contribution < -0.4 is 10.6 Å². The number of halogens is 3.